The van der Waals surface area contributed by atoms with Crippen LogP contribution in [0, 0.1) is 0 Å². The van der Waals surface area contributed by atoms with Crippen LogP contribution in [-0.4, -0.2) is 26.0 Å². The Morgan fingerprint density at radius 3 is 2.48 bits per heavy atom. The Kier molecular flexibility index (Phi) is 4.15. The van der Waals surface area contributed by atoms with Crippen molar-refractivity contribution in [1.82, 2.24) is 0 Å². The van der Waals surface area contributed by atoms with Gasteiger partial charge in [-0.05, 0) is 36.1 Å². The fourth-order valence-corrected chi connectivity index (χ4v) is 3.11. The van der Waals surface area contributed by atoms with Crippen LogP contribution < -0.4 is 4.74 Å². The van der Waals surface area contributed by atoms with E-state index < -0.39 is 0 Å². The third-order valence-corrected chi connectivity index (χ3v) is 4.31. The summed E-state index contributed by atoms with van der Waals surface area (Å²) in [6.45, 7) is 0. The molecule has 118 valence electrons. The van der Waals surface area contributed by atoms with Gasteiger partial charge in [0, 0.05) is 5.56 Å². The zero-order chi connectivity index (χ0) is 16.4. The zero-order valence-electron chi connectivity index (χ0n) is 13.2. The van der Waals surface area contributed by atoms with Gasteiger partial charge in [0.05, 0.1) is 25.7 Å². The minimum absolute atomic E-state index is 0.110. The van der Waals surface area contributed by atoms with E-state index in [1.807, 2.05) is 24.3 Å². The number of methoxy groups -OCH3 is 2. The minimum Gasteiger partial charge on any atom is -0.496 e. The number of ether oxygens (including phenoxy) is 2. The molecule has 0 aliphatic heterocycles. The lowest BCUT2D eigenvalue weighted by atomic mass is 9.94. The molecule has 4 heteroatoms. The Bertz CT molecular complexity index is 749. The molecular formula is C19H18O4. The lowest BCUT2D eigenvalue weighted by molar-refractivity contribution is -0.142. The van der Waals surface area contributed by atoms with Gasteiger partial charge in [-0.15, -0.1) is 0 Å². The second-order valence-corrected chi connectivity index (χ2v) is 5.56. The number of carbonyl (C=O) groups is 2. The van der Waals surface area contributed by atoms with Gasteiger partial charge in [0.25, 0.3) is 0 Å². The molecule has 1 atom stereocenters. The van der Waals surface area contributed by atoms with Gasteiger partial charge in [0.1, 0.15) is 5.75 Å². The van der Waals surface area contributed by atoms with Crippen molar-refractivity contribution in [1.29, 1.82) is 0 Å². The molecule has 2 aromatic carbocycles. The fraction of sp³-hybridized carbons (Fsp3) is 0.263. The largest absolute Gasteiger partial charge is 0.496 e. The molecule has 0 aromatic heterocycles. The minimum atomic E-state index is -0.303. The second-order valence-electron chi connectivity index (χ2n) is 5.56. The van der Waals surface area contributed by atoms with Crippen LogP contribution in [0.3, 0.4) is 0 Å². The second kappa shape index (κ2) is 6.24. The molecule has 2 aromatic rings. The van der Waals surface area contributed by atoms with E-state index in [-0.39, 0.29) is 17.7 Å². The highest BCUT2D eigenvalue weighted by Gasteiger charge is 2.31. The van der Waals surface area contributed by atoms with Crippen molar-refractivity contribution < 1.29 is 19.1 Å². The molecule has 1 aliphatic rings. The SMILES string of the molecule is COC(=O)C1CCc2cc(OC)c(C(=O)c3ccccc3)cc21. The quantitative estimate of drug-likeness (QED) is 0.643. The average molecular weight is 310 g/mol. The van der Waals surface area contributed by atoms with Crippen molar-refractivity contribution in [2.75, 3.05) is 14.2 Å². The Balaban J connectivity index is 2.07. The zero-order valence-corrected chi connectivity index (χ0v) is 13.2. The van der Waals surface area contributed by atoms with Crippen LogP contribution in [0.1, 0.15) is 39.4 Å². The molecule has 1 unspecified atom stereocenters. The lowest BCUT2D eigenvalue weighted by Crippen LogP contribution is -2.12. The van der Waals surface area contributed by atoms with Crippen molar-refractivity contribution >= 4 is 11.8 Å². The van der Waals surface area contributed by atoms with Gasteiger partial charge in [-0.25, -0.2) is 0 Å². The first-order valence-corrected chi connectivity index (χ1v) is 7.54. The van der Waals surface area contributed by atoms with Gasteiger partial charge in [-0.2, -0.15) is 0 Å². The molecule has 4 nitrogen and oxygen atoms in total. The Hall–Kier alpha value is -2.62. The van der Waals surface area contributed by atoms with Crippen molar-refractivity contribution in [3.05, 3.63) is 64.7 Å². The molecule has 0 amide bonds. The highest BCUT2D eigenvalue weighted by atomic mass is 16.5. The van der Waals surface area contributed by atoms with E-state index in [0.29, 0.717) is 23.3 Å². The van der Waals surface area contributed by atoms with E-state index in [1.165, 1.54) is 7.11 Å². The lowest BCUT2D eigenvalue weighted by Gasteiger charge is -2.13. The maximum Gasteiger partial charge on any atom is 0.313 e. The summed E-state index contributed by atoms with van der Waals surface area (Å²) in [5.74, 6) is -0.126. The number of fused-ring (bicyclic) bond motifs is 1. The number of hydrogen-bond acceptors (Lipinski definition) is 4. The van der Waals surface area contributed by atoms with E-state index in [2.05, 4.69) is 0 Å². The van der Waals surface area contributed by atoms with Crippen LogP contribution in [0.5, 0.6) is 5.75 Å². The van der Waals surface area contributed by atoms with Crippen LogP contribution in [-0.2, 0) is 16.0 Å². The van der Waals surface area contributed by atoms with E-state index in [4.69, 9.17) is 9.47 Å². The first kappa shape index (κ1) is 15.3. The molecular weight excluding hydrogens is 292 g/mol. The molecule has 0 radical (unpaired) electrons. The molecule has 0 fully saturated rings. The summed E-state index contributed by atoms with van der Waals surface area (Å²) in [6, 6.07) is 12.7. The Morgan fingerprint density at radius 1 is 1.09 bits per heavy atom. The molecule has 0 N–H and O–H groups in total. The van der Waals surface area contributed by atoms with Crippen LogP contribution in [0.25, 0.3) is 0 Å². The summed E-state index contributed by atoms with van der Waals surface area (Å²) in [7, 11) is 2.94. The molecule has 0 heterocycles. The van der Waals surface area contributed by atoms with Crippen LogP contribution in [0.15, 0.2) is 42.5 Å². The molecule has 23 heavy (non-hydrogen) atoms. The summed E-state index contributed by atoms with van der Waals surface area (Å²) >= 11 is 0. The highest BCUT2D eigenvalue weighted by Crippen LogP contribution is 2.38. The third-order valence-electron chi connectivity index (χ3n) is 4.31. The van der Waals surface area contributed by atoms with Crippen LogP contribution >= 0.6 is 0 Å². The molecule has 3 rings (SSSR count). The molecule has 0 spiro atoms. The van der Waals surface area contributed by atoms with Gasteiger partial charge in [0.15, 0.2) is 5.78 Å². The van der Waals surface area contributed by atoms with Gasteiger partial charge in [0.2, 0.25) is 0 Å². The predicted molar refractivity (Wildman–Crippen MR) is 85.9 cm³/mol. The molecule has 0 saturated heterocycles. The van der Waals surface area contributed by atoms with E-state index in [1.54, 1.807) is 25.3 Å². The first-order valence-electron chi connectivity index (χ1n) is 7.54. The molecule has 0 bridgehead atoms. The number of esters is 1. The third kappa shape index (κ3) is 2.72. The summed E-state index contributed by atoms with van der Waals surface area (Å²) < 4.78 is 10.3. The summed E-state index contributed by atoms with van der Waals surface area (Å²) in [5.41, 5.74) is 2.99. The van der Waals surface area contributed by atoms with Crippen molar-refractivity contribution in [2.24, 2.45) is 0 Å². The van der Waals surface area contributed by atoms with Gasteiger partial charge in [-0.3, -0.25) is 9.59 Å². The van der Waals surface area contributed by atoms with Crippen LogP contribution in [0.4, 0.5) is 0 Å². The predicted octanol–water partition coefficient (Wildman–Crippen LogP) is 3.13. The van der Waals surface area contributed by atoms with Crippen molar-refractivity contribution in [3.63, 3.8) is 0 Å². The number of ketones is 1. The molecule has 0 saturated carbocycles. The van der Waals surface area contributed by atoms with E-state index in [0.717, 1.165) is 17.5 Å². The number of aryl methyl sites for hydroxylation is 1. The number of carbonyl (C=O) groups excluding carboxylic acids is 2. The van der Waals surface area contributed by atoms with E-state index in [9.17, 15) is 9.59 Å². The van der Waals surface area contributed by atoms with Crippen molar-refractivity contribution in [2.45, 2.75) is 18.8 Å². The summed E-state index contributed by atoms with van der Waals surface area (Å²) in [5, 5.41) is 0. The Morgan fingerprint density at radius 2 is 1.83 bits per heavy atom. The maximum atomic E-state index is 12.8. The van der Waals surface area contributed by atoms with Crippen molar-refractivity contribution in [3.8, 4) is 5.75 Å². The number of rotatable bonds is 4. The van der Waals surface area contributed by atoms with Gasteiger partial charge in [-0.1, -0.05) is 30.3 Å². The average Bonchev–Trinajstić information content (AvgIpc) is 3.02. The summed E-state index contributed by atoms with van der Waals surface area (Å²) in [6.07, 6.45) is 1.49. The fourth-order valence-electron chi connectivity index (χ4n) is 3.11. The monoisotopic (exact) mass is 310 g/mol. The van der Waals surface area contributed by atoms with Crippen LogP contribution in [0.2, 0.25) is 0 Å². The number of benzene rings is 2. The van der Waals surface area contributed by atoms with Gasteiger partial charge >= 0.3 is 5.97 Å². The highest BCUT2D eigenvalue weighted by molar-refractivity contribution is 6.11. The maximum absolute atomic E-state index is 12.8. The van der Waals surface area contributed by atoms with Gasteiger partial charge < -0.3 is 9.47 Å². The summed E-state index contributed by atoms with van der Waals surface area (Å²) in [4.78, 5) is 24.7. The normalized spacial score (nSPS) is 15.8. The number of hydrogen-bond donors (Lipinski definition) is 0. The van der Waals surface area contributed by atoms with E-state index >= 15 is 0 Å². The standard InChI is InChI=1S/C19H18O4/c1-22-17-10-13-8-9-14(19(21)23-2)15(13)11-16(17)18(20)12-6-4-3-5-7-12/h3-7,10-11,14H,8-9H2,1-2H3. The first-order chi connectivity index (χ1) is 11.2. The smallest absolute Gasteiger partial charge is 0.313 e. The topological polar surface area (TPSA) is 52.6 Å². The molecule has 1 aliphatic carbocycles. The Labute approximate surface area is 135 Å².